The van der Waals surface area contributed by atoms with Gasteiger partial charge in [0.25, 0.3) is 0 Å². The highest BCUT2D eigenvalue weighted by Gasteiger charge is 2.39. The second kappa shape index (κ2) is 6.70. The number of fused-ring (bicyclic) bond motifs is 2. The molecule has 0 unspecified atom stereocenters. The van der Waals surface area contributed by atoms with Gasteiger partial charge in [0.1, 0.15) is 11.4 Å². The Morgan fingerprint density at radius 2 is 1.47 bits per heavy atom. The molecule has 0 bridgehead atoms. The number of ether oxygens (including phenoxy) is 1. The summed E-state index contributed by atoms with van der Waals surface area (Å²) in [6, 6.07) is 20.7. The number of nitrogens with zero attached hydrogens (tertiary/aromatic N) is 1. The van der Waals surface area contributed by atoms with Crippen LogP contribution in [0.3, 0.4) is 0 Å². The predicted molar refractivity (Wildman–Crippen MR) is 110 cm³/mol. The summed E-state index contributed by atoms with van der Waals surface area (Å²) in [5, 5.41) is 0. The van der Waals surface area contributed by atoms with Gasteiger partial charge in [0, 0.05) is 27.9 Å². The quantitative estimate of drug-likeness (QED) is 0.716. The molecule has 1 amide bonds. The summed E-state index contributed by atoms with van der Waals surface area (Å²) in [4.78, 5) is 39.9. The first-order valence-electron chi connectivity index (χ1n) is 9.40. The minimum atomic E-state index is -0.538. The standard InChI is InChI=1S/C24H16N2O4/c25-24(29)14-9-11-16(12-10-14)26-13-15-5-1-4-8-19(15)30-23-20(26)21(27)17-6-2-3-7-18(17)22(23)28/h1-12H,13H2,(H2,25,29). The summed E-state index contributed by atoms with van der Waals surface area (Å²) in [7, 11) is 0. The summed E-state index contributed by atoms with van der Waals surface area (Å²) in [6.45, 7) is 0.326. The van der Waals surface area contributed by atoms with E-state index < -0.39 is 5.91 Å². The van der Waals surface area contributed by atoms with Crippen LogP contribution in [0.4, 0.5) is 5.69 Å². The lowest BCUT2D eigenvalue weighted by Crippen LogP contribution is -2.34. The van der Waals surface area contributed by atoms with Crippen LogP contribution in [-0.4, -0.2) is 17.5 Å². The normalized spacial score (nSPS) is 15.0. The van der Waals surface area contributed by atoms with E-state index in [0.717, 1.165) is 5.56 Å². The van der Waals surface area contributed by atoms with Crippen LogP contribution in [0.15, 0.2) is 84.3 Å². The van der Waals surface area contributed by atoms with E-state index >= 15 is 0 Å². The first-order chi connectivity index (χ1) is 14.5. The highest BCUT2D eigenvalue weighted by atomic mass is 16.5. The van der Waals surface area contributed by atoms with Crippen molar-refractivity contribution in [2.75, 3.05) is 4.90 Å². The minimum Gasteiger partial charge on any atom is -0.450 e. The van der Waals surface area contributed by atoms with Crippen LogP contribution >= 0.6 is 0 Å². The maximum atomic E-state index is 13.5. The summed E-state index contributed by atoms with van der Waals surface area (Å²) < 4.78 is 6.01. The van der Waals surface area contributed by atoms with E-state index in [9.17, 15) is 14.4 Å². The van der Waals surface area contributed by atoms with Crippen LogP contribution in [0, 0.1) is 0 Å². The molecule has 1 aliphatic carbocycles. The number of hydrogen-bond acceptors (Lipinski definition) is 5. The minimum absolute atomic E-state index is 0.00243. The number of anilines is 1. The Morgan fingerprint density at radius 1 is 0.833 bits per heavy atom. The number of rotatable bonds is 2. The van der Waals surface area contributed by atoms with Gasteiger partial charge < -0.3 is 15.4 Å². The van der Waals surface area contributed by atoms with Gasteiger partial charge in [0.05, 0.1) is 6.54 Å². The van der Waals surface area contributed by atoms with Crippen molar-refractivity contribution >= 4 is 23.2 Å². The molecule has 0 fully saturated rings. The molecule has 2 aliphatic rings. The fraction of sp³-hybridized carbons (Fsp3) is 0.0417. The lowest BCUT2D eigenvalue weighted by molar-refractivity contribution is 0.0936. The summed E-state index contributed by atoms with van der Waals surface area (Å²) in [5.41, 5.74) is 8.03. The molecule has 1 aliphatic heterocycles. The van der Waals surface area contributed by atoms with Gasteiger partial charge in [0.2, 0.25) is 23.2 Å². The Morgan fingerprint density at radius 3 is 2.17 bits per heavy atom. The van der Waals surface area contributed by atoms with Crippen molar-refractivity contribution in [1.82, 2.24) is 0 Å². The van der Waals surface area contributed by atoms with E-state index in [2.05, 4.69) is 0 Å². The van der Waals surface area contributed by atoms with E-state index in [1.165, 1.54) is 0 Å². The third-order valence-corrected chi connectivity index (χ3v) is 5.30. The zero-order valence-electron chi connectivity index (χ0n) is 15.8. The zero-order valence-corrected chi connectivity index (χ0v) is 15.8. The monoisotopic (exact) mass is 396 g/mol. The smallest absolute Gasteiger partial charge is 0.248 e. The molecule has 0 aromatic heterocycles. The van der Waals surface area contributed by atoms with Crippen molar-refractivity contribution in [3.63, 3.8) is 0 Å². The fourth-order valence-electron chi connectivity index (χ4n) is 3.80. The molecule has 1 heterocycles. The van der Waals surface area contributed by atoms with Gasteiger partial charge in [0.15, 0.2) is 0 Å². The van der Waals surface area contributed by atoms with E-state index in [1.54, 1.807) is 59.5 Å². The predicted octanol–water partition coefficient (Wildman–Crippen LogP) is 3.48. The molecule has 6 nitrogen and oxygen atoms in total. The molecule has 30 heavy (non-hydrogen) atoms. The summed E-state index contributed by atoms with van der Waals surface area (Å²) >= 11 is 0. The zero-order chi connectivity index (χ0) is 20.8. The fourth-order valence-corrected chi connectivity index (χ4v) is 3.80. The van der Waals surface area contributed by atoms with Gasteiger partial charge in [-0.05, 0) is 30.3 Å². The molecule has 5 rings (SSSR count). The van der Waals surface area contributed by atoms with Gasteiger partial charge in [-0.2, -0.15) is 0 Å². The highest BCUT2D eigenvalue weighted by molar-refractivity contribution is 6.27. The van der Waals surface area contributed by atoms with E-state index in [-0.39, 0.29) is 23.0 Å². The lowest BCUT2D eigenvalue weighted by atomic mass is 9.90. The van der Waals surface area contributed by atoms with E-state index in [4.69, 9.17) is 10.5 Å². The maximum absolute atomic E-state index is 13.5. The van der Waals surface area contributed by atoms with Gasteiger partial charge in [-0.25, -0.2) is 0 Å². The van der Waals surface area contributed by atoms with Crippen LogP contribution in [0.1, 0.15) is 36.6 Å². The number of allylic oxidation sites excluding steroid dienone is 2. The number of ketones is 2. The molecule has 146 valence electrons. The largest absolute Gasteiger partial charge is 0.450 e. The van der Waals surface area contributed by atoms with Crippen LogP contribution < -0.4 is 15.4 Å². The maximum Gasteiger partial charge on any atom is 0.248 e. The molecule has 3 aromatic rings. The summed E-state index contributed by atoms with van der Waals surface area (Å²) in [5.74, 6) is -0.629. The first kappa shape index (κ1) is 17.9. The van der Waals surface area contributed by atoms with E-state index in [1.807, 2.05) is 18.2 Å². The van der Waals surface area contributed by atoms with Crippen molar-refractivity contribution < 1.29 is 19.1 Å². The summed E-state index contributed by atoms with van der Waals surface area (Å²) in [6.07, 6.45) is 0. The Bertz CT molecular complexity index is 1260. The van der Waals surface area contributed by atoms with Crippen LogP contribution in [0.2, 0.25) is 0 Å². The topological polar surface area (TPSA) is 89.7 Å². The van der Waals surface area contributed by atoms with Gasteiger partial charge >= 0.3 is 0 Å². The Labute approximate surface area is 172 Å². The second-order valence-electron chi connectivity index (χ2n) is 7.09. The van der Waals surface area contributed by atoms with Crippen molar-refractivity contribution in [3.05, 3.63) is 107 Å². The molecule has 0 saturated carbocycles. The molecular formula is C24H16N2O4. The van der Waals surface area contributed by atoms with Crippen molar-refractivity contribution in [1.29, 1.82) is 0 Å². The number of hydrogen-bond donors (Lipinski definition) is 1. The number of Topliss-reactive ketones (excluding diaryl/α,β-unsaturated/α-hetero) is 2. The molecule has 0 atom stereocenters. The van der Waals surface area contributed by atoms with E-state index in [0.29, 0.717) is 34.7 Å². The Balaban J connectivity index is 1.72. The average molecular weight is 396 g/mol. The number of nitrogens with two attached hydrogens (primary N) is 1. The van der Waals surface area contributed by atoms with Crippen molar-refractivity contribution in [2.24, 2.45) is 5.73 Å². The Hall–Kier alpha value is -4.19. The lowest BCUT2D eigenvalue weighted by Gasteiger charge is -2.28. The first-order valence-corrected chi connectivity index (χ1v) is 9.40. The van der Waals surface area contributed by atoms with Crippen molar-refractivity contribution in [2.45, 2.75) is 6.54 Å². The SMILES string of the molecule is NC(=O)c1ccc(N2Cc3ccccc3OC3=C2C(=O)c2ccccc2C3=O)cc1. The van der Waals surface area contributed by atoms with Crippen LogP contribution in [0.5, 0.6) is 5.75 Å². The van der Waals surface area contributed by atoms with Crippen molar-refractivity contribution in [3.8, 4) is 5.75 Å². The number of primary amides is 1. The highest BCUT2D eigenvalue weighted by Crippen LogP contribution is 2.38. The van der Waals surface area contributed by atoms with Gasteiger partial charge in [-0.3, -0.25) is 14.4 Å². The third kappa shape index (κ3) is 2.69. The Kier molecular flexibility index (Phi) is 3.99. The second-order valence-corrected chi connectivity index (χ2v) is 7.09. The molecule has 0 spiro atoms. The molecule has 6 heteroatoms. The number of amides is 1. The molecular weight excluding hydrogens is 380 g/mol. The molecule has 0 saturated heterocycles. The number of carbonyl (C=O) groups is 3. The molecule has 3 aromatic carbocycles. The number of carbonyl (C=O) groups excluding carboxylic acids is 3. The molecule has 2 N–H and O–H groups in total. The van der Waals surface area contributed by atoms with Crippen LogP contribution in [0.25, 0.3) is 0 Å². The third-order valence-electron chi connectivity index (χ3n) is 5.30. The number of para-hydroxylation sites is 1. The van der Waals surface area contributed by atoms with Gasteiger partial charge in [-0.15, -0.1) is 0 Å². The number of benzene rings is 3. The van der Waals surface area contributed by atoms with Gasteiger partial charge in [-0.1, -0.05) is 42.5 Å². The molecule has 0 radical (unpaired) electrons. The average Bonchev–Trinajstić information content (AvgIpc) is 2.95. The van der Waals surface area contributed by atoms with Crippen LogP contribution in [-0.2, 0) is 6.54 Å².